The van der Waals surface area contributed by atoms with Crippen LogP contribution < -0.4 is 5.32 Å². The normalized spacial score (nSPS) is 11.0. The van der Waals surface area contributed by atoms with Gasteiger partial charge in [0.05, 0.1) is 10.6 Å². The quantitative estimate of drug-likeness (QED) is 0.502. The molecule has 0 aliphatic heterocycles. The first-order valence-corrected chi connectivity index (χ1v) is 8.57. The van der Waals surface area contributed by atoms with Crippen LogP contribution in [0.1, 0.15) is 16.2 Å². The summed E-state index contributed by atoms with van der Waals surface area (Å²) in [5.74, 6) is -1.84. The zero-order chi connectivity index (χ0) is 19.8. The summed E-state index contributed by atoms with van der Waals surface area (Å²) >= 11 is 6.20. The van der Waals surface area contributed by atoms with Crippen LogP contribution >= 0.6 is 11.6 Å². The van der Waals surface area contributed by atoms with Crippen LogP contribution in [0, 0.1) is 18.6 Å². The molecule has 2 heterocycles. The smallest absolute Gasteiger partial charge is 0.255 e. The summed E-state index contributed by atoms with van der Waals surface area (Å²) < 4.78 is 34.9. The van der Waals surface area contributed by atoms with Crippen LogP contribution in [0.4, 0.5) is 14.5 Å². The average molecular weight is 400 g/mol. The highest BCUT2D eigenvalue weighted by Gasteiger charge is 2.19. The fraction of sp³-hybridized carbons (Fsp3) is 0.0500. The lowest BCUT2D eigenvalue weighted by Crippen LogP contribution is -2.12. The Balaban J connectivity index is 1.72. The Labute approximate surface area is 163 Å². The van der Waals surface area contributed by atoms with E-state index >= 15 is 0 Å². The maximum Gasteiger partial charge on any atom is 0.255 e. The minimum absolute atomic E-state index is 0.0201. The predicted molar refractivity (Wildman–Crippen MR) is 101 cm³/mol. The van der Waals surface area contributed by atoms with E-state index in [0.29, 0.717) is 22.6 Å². The Kier molecular flexibility index (Phi) is 4.52. The van der Waals surface area contributed by atoms with Crippen molar-refractivity contribution in [2.24, 2.45) is 0 Å². The second-order valence-corrected chi connectivity index (χ2v) is 6.44. The molecule has 0 unspecified atom stereocenters. The fourth-order valence-electron chi connectivity index (χ4n) is 2.86. The van der Waals surface area contributed by atoms with Crippen molar-refractivity contribution in [1.29, 1.82) is 0 Å². The van der Waals surface area contributed by atoms with Crippen molar-refractivity contribution >= 4 is 34.3 Å². The molecule has 0 aliphatic carbocycles. The van der Waals surface area contributed by atoms with Gasteiger partial charge in [-0.15, -0.1) is 0 Å². The Morgan fingerprint density at radius 1 is 1.11 bits per heavy atom. The van der Waals surface area contributed by atoms with Crippen LogP contribution in [0.3, 0.4) is 0 Å². The van der Waals surface area contributed by atoms with E-state index < -0.39 is 17.5 Å². The lowest BCUT2D eigenvalue weighted by atomic mass is 10.0. The number of hydrogen-bond acceptors (Lipinski definition) is 4. The Hall–Kier alpha value is -3.32. The molecule has 1 amide bonds. The number of rotatable bonds is 3. The van der Waals surface area contributed by atoms with E-state index in [0.717, 1.165) is 12.1 Å². The van der Waals surface area contributed by atoms with Crippen molar-refractivity contribution in [1.82, 2.24) is 9.97 Å². The number of amides is 1. The van der Waals surface area contributed by atoms with Crippen LogP contribution in [-0.2, 0) is 0 Å². The zero-order valence-electron chi connectivity index (χ0n) is 14.5. The second-order valence-electron chi connectivity index (χ2n) is 6.04. The summed E-state index contributed by atoms with van der Waals surface area (Å²) in [6.07, 6.45) is 2.89. The number of pyridine rings is 1. The fourth-order valence-corrected chi connectivity index (χ4v) is 3.12. The van der Waals surface area contributed by atoms with Gasteiger partial charge in [0.15, 0.2) is 11.5 Å². The average Bonchev–Trinajstić information content (AvgIpc) is 3.01. The van der Waals surface area contributed by atoms with E-state index in [1.807, 2.05) is 0 Å². The summed E-state index contributed by atoms with van der Waals surface area (Å²) in [7, 11) is 0. The number of fused-ring (bicyclic) bond motifs is 1. The molecule has 0 saturated heterocycles. The SMILES string of the molecule is Cc1nc2cc(Cl)c(-c3c(F)cc(NC(=O)c4ccncc4)cc3F)cc2o1. The van der Waals surface area contributed by atoms with E-state index in [1.165, 1.54) is 36.7 Å². The first kappa shape index (κ1) is 18.1. The van der Waals surface area contributed by atoms with E-state index in [1.54, 1.807) is 6.92 Å². The monoisotopic (exact) mass is 399 g/mol. The Morgan fingerprint density at radius 2 is 1.79 bits per heavy atom. The van der Waals surface area contributed by atoms with Gasteiger partial charge in [0, 0.05) is 36.1 Å². The van der Waals surface area contributed by atoms with Crippen LogP contribution in [0.15, 0.2) is 53.2 Å². The van der Waals surface area contributed by atoms with Gasteiger partial charge in [-0.05, 0) is 36.4 Å². The molecule has 0 saturated carbocycles. The number of aryl methyl sites for hydroxylation is 1. The number of halogens is 3. The molecule has 0 bridgehead atoms. The topological polar surface area (TPSA) is 68.0 Å². The molecule has 1 N–H and O–H groups in total. The van der Waals surface area contributed by atoms with Gasteiger partial charge in [-0.3, -0.25) is 9.78 Å². The van der Waals surface area contributed by atoms with E-state index in [9.17, 15) is 13.6 Å². The molecule has 5 nitrogen and oxygen atoms in total. The van der Waals surface area contributed by atoms with Gasteiger partial charge in [-0.1, -0.05) is 11.6 Å². The molecule has 4 rings (SSSR count). The van der Waals surface area contributed by atoms with Crippen LogP contribution in [0.5, 0.6) is 0 Å². The van der Waals surface area contributed by atoms with Crippen molar-refractivity contribution in [3.63, 3.8) is 0 Å². The number of benzene rings is 2. The van der Waals surface area contributed by atoms with Gasteiger partial charge in [0.25, 0.3) is 5.91 Å². The lowest BCUT2D eigenvalue weighted by molar-refractivity contribution is 0.102. The van der Waals surface area contributed by atoms with Gasteiger partial charge < -0.3 is 9.73 Å². The van der Waals surface area contributed by atoms with Crippen molar-refractivity contribution in [2.45, 2.75) is 6.92 Å². The molecule has 140 valence electrons. The number of carbonyl (C=O) groups is 1. The summed E-state index contributed by atoms with van der Waals surface area (Å²) in [6, 6.07) is 7.97. The number of aromatic nitrogens is 2. The molecule has 0 radical (unpaired) electrons. The van der Waals surface area contributed by atoms with Crippen molar-refractivity contribution in [3.8, 4) is 11.1 Å². The molecule has 4 aromatic rings. The number of carbonyl (C=O) groups excluding carboxylic acids is 1. The number of nitrogens with zero attached hydrogens (tertiary/aromatic N) is 2. The van der Waals surface area contributed by atoms with Gasteiger partial charge >= 0.3 is 0 Å². The minimum atomic E-state index is -0.873. The molecule has 28 heavy (non-hydrogen) atoms. The zero-order valence-corrected chi connectivity index (χ0v) is 15.2. The molecule has 2 aromatic heterocycles. The second kappa shape index (κ2) is 7.01. The first-order chi connectivity index (χ1) is 13.4. The van der Waals surface area contributed by atoms with Crippen molar-refractivity contribution < 1.29 is 18.0 Å². The van der Waals surface area contributed by atoms with E-state index in [-0.39, 0.29) is 21.8 Å². The van der Waals surface area contributed by atoms with E-state index in [4.69, 9.17) is 16.0 Å². The highest BCUT2D eigenvalue weighted by Crippen LogP contribution is 2.36. The van der Waals surface area contributed by atoms with E-state index in [2.05, 4.69) is 15.3 Å². The molecular weight excluding hydrogens is 388 g/mol. The highest BCUT2D eigenvalue weighted by atomic mass is 35.5. The number of nitrogens with one attached hydrogen (secondary N) is 1. The summed E-state index contributed by atoms with van der Waals surface area (Å²) in [5, 5.41) is 2.59. The van der Waals surface area contributed by atoms with Gasteiger partial charge in [0.1, 0.15) is 17.2 Å². The Morgan fingerprint density at radius 3 is 2.46 bits per heavy atom. The third-order valence-corrected chi connectivity index (χ3v) is 4.41. The molecule has 8 heteroatoms. The van der Waals surface area contributed by atoms with Crippen molar-refractivity contribution in [2.75, 3.05) is 5.32 Å². The molecule has 2 aromatic carbocycles. The number of anilines is 1. The molecule has 0 spiro atoms. The minimum Gasteiger partial charge on any atom is -0.441 e. The molecule has 0 fully saturated rings. The highest BCUT2D eigenvalue weighted by molar-refractivity contribution is 6.34. The Bertz CT molecular complexity index is 1190. The number of oxazole rings is 1. The lowest BCUT2D eigenvalue weighted by Gasteiger charge is -2.11. The summed E-state index contributed by atoms with van der Waals surface area (Å²) in [6.45, 7) is 1.66. The maximum atomic E-state index is 14.7. The third kappa shape index (κ3) is 3.32. The first-order valence-electron chi connectivity index (χ1n) is 8.20. The van der Waals surface area contributed by atoms with Gasteiger partial charge in [-0.25, -0.2) is 13.8 Å². The maximum absolute atomic E-state index is 14.7. The largest absolute Gasteiger partial charge is 0.441 e. The molecule has 0 atom stereocenters. The van der Waals surface area contributed by atoms with Crippen LogP contribution in [0.25, 0.3) is 22.2 Å². The third-order valence-electron chi connectivity index (χ3n) is 4.10. The molecular formula is C20H12ClF2N3O2. The van der Waals surface area contributed by atoms with Crippen LogP contribution in [0.2, 0.25) is 5.02 Å². The summed E-state index contributed by atoms with van der Waals surface area (Å²) in [4.78, 5) is 20.1. The van der Waals surface area contributed by atoms with Crippen LogP contribution in [-0.4, -0.2) is 15.9 Å². The van der Waals surface area contributed by atoms with Gasteiger partial charge in [0.2, 0.25) is 0 Å². The summed E-state index contributed by atoms with van der Waals surface area (Å²) in [5.41, 5.74) is 0.969. The number of hydrogen-bond donors (Lipinski definition) is 1. The van der Waals surface area contributed by atoms with Crippen molar-refractivity contribution in [3.05, 3.63) is 76.9 Å². The standard InChI is InChI=1S/C20H12ClF2N3O2/c1-10-25-17-9-14(21)13(8-18(17)28-10)19-15(22)6-12(7-16(19)23)26-20(27)11-2-4-24-5-3-11/h2-9H,1H3,(H,26,27). The predicted octanol–water partition coefficient (Wildman–Crippen LogP) is 5.38. The van der Waals surface area contributed by atoms with Gasteiger partial charge in [-0.2, -0.15) is 0 Å². The molecule has 0 aliphatic rings.